The van der Waals surface area contributed by atoms with Gasteiger partial charge in [-0.1, -0.05) is 18.9 Å². The Bertz CT molecular complexity index is 247. The van der Waals surface area contributed by atoms with E-state index in [-0.39, 0.29) is 17.9 Å². The van der Waals surface area contributed by atoms with Crippen LogP contribution in [0.1, 0.15) is 32.1 Å². The molecule has 0 spiro atoms. The van der Waals surface area contributed by atoms with Crippen molar-refractivity contribution in [2.24, 2.45) is 11.1 Å². The van der Waals surface area contributed by atoms with E-state index < -0.39 is 6.04 Å². The van der Waals surface area contributed by atoms with Crippen molar-refractivity contribution in [1.82, 2.24) is 5.32 Å². The maximum Gasteiger partial charge on any atom is 0.237 e. The SMILES string of the molecule is C=CCC(N)C(=O)NCC1(CO)CCCC1. The number of hydrogen-bond acceptors (Lipinski definition) is 3. The van der Waals surface area contributed by atoms with Gasteiger partial charge < -0.3 is 16.2 Å². The fraction of sp³-hybridized carbons (Fsp3) is 0.750. The number of aliphatic hydroxyl groups excluding tert-OH is 1. The highest BCUT2D eigenvalue weighted by atomic mass is 16.3. The number of hydrogen-bond donors (Lipinski definition) is 3. The summed E-state index contributed by atoms with van der Waals surface area (Å²) in [5.41, 5.74) is 5.54. The summed E-state index contributed by atoms with van der Waals surface area (Å²) in [6, 6.07) is -0.519. The average molecular weight is 226 g/mol. The topological polar surface area (TPSA) is 75.4 Å². The van der Waals surface area contributed by atoms with Gasteiger partial charge in [0.15, 0.2) is 0 Å². The molecule has 1 saturated carbocycles. The van der Waals surface area contributed by atoms with Gasteiger partial charge in [0.2, 0.25) is 5.91 Å². The summed E-state index contributed by atoms with van der Waals surface area (Å²) in [6.07, 6.45) is 6.37. The minimum absolute atomic E-state index is 0.108. The van der Waals surface area contributed by atoms with Crippen molar-refractivity contribution in [3.8, 4) is 0 Å². The summed E-state index contributed by atoms with van der Waals surface area (Å²) >= 11 is 0. The van der Waals surface area contributed by atoms with Gasteiger partial charge >= 0.3 is 0 Å². The van der Waals surface area contributed by atoms with E-state index in [1.807, 2.05) is 0 Å². The lowest BCUT2D eigenvalue weighted by Crippen LogP contribution is -2.45. The molecule has 1 rings (SSSR count). The summed E-state index contributed by atoms with van der Waals surface area (Å²) in [5, 5.41) is 12.2. The zero-order valence-electron chi connectivity index (χ0n) is 9.74. The molecule has 0 radical (unpaired) electrons. The standard InChI is InChI=1S/C12H22N2O2/c1-2-5-10(13)11(16)14-8-12(9-15)6-3-4-7-12/h2,10,15H,1,3-9,13H2,(H,14,16). The minimum atomic E-state index is -0.519. The third kappa shape index (κ3) is 3.32. The zero-order chi connectivity index (χ0) is 12.0. The number of rotatable bonds is 6. The molecule has 0 aromatic heterocycles. The molecule has 0 aromatic rings. The van der Waals surface area contributed by atoms with E-state index in [0.29, 0.717) is 13.0 Å². The number of aliphatic hydroxyl groups is 1. The zero-order valence-corrected chi connectivity index (χ0v) is 9.74. The van der Waals surface area contributed by atoms with E-state index in [1.165, 1.54) is 0 Å². The van der Waals surface area contributed by atoms with Gasteiger partial charge in [-0.15, -0.1) is 6.58 Å². The molecule has 0 aliphatic heterocycles. The van der Waals surface area contributed by atoms with Gasteiger partial charge in [-0.2, -0.15) is 0 Å². The Hall–Kier alpha value is -0.870. The first-order valence-electron chi connectivity index (χ1n) is 5.88. The maximum absolute atomic E-state index is 11.6. The van der Waals surface area contributed by atoms with Crippen molar-refractivity contribution < 1.29 is 9.90 Å². The fourth-order valence-electron chi connectivity index (χ4n) is 2.21. The van der Waals surface area contributed by atoms with Crippen molar-refractivity contribution in [3.63, 3.8) is 0 Å². The van der Waals surface area contributed by atoms with Crippen molar-refractivity contribution in [1.29, 1.82) is 0 Å². The third-order valence-corrected chi connectivity index (χ3v) is 3.39. The lowest BCUT2D eigenvalue weighted by atomic mass is 9.87. The Morgan fingerprint density at radius 1 is 1.56 bits per heavy atom. The van der Waals surface area contributed by atoms with Gasteiger partial charge in [0.25, 0.3) is 0 Å². The van der Waals surface area contributed by atoms with Gasteiger partial charge in [0, 0.05) is 12.0 Å². The third-order valence-electron chi connectivity index (χ3n) is 3.39. The summed E-state index contributed by atoms with van der Waals surface area (Å²) in [5.74, 6) is -0.153. The first-order chi connectivity index (χ1) is 7.63. The normalized spacial score (nSPS) is 20.4. The van der Waals surface area contributed by atoms with Crippen molar-refractivity contribution in [2.45, 2.75) is 38.1 Å². The summed E-state index contributed by atoms with van der Waals surface area (Å²) < 4.78 is 0. The molecule has 92 valence electrons. The first kappa shape index (κ1) is 13.2. The number of nitrogens with two attached hydrogens (primary N) is 1. The van der Waals surface area contributed by atoms with Crippen LogP contribution in [0.5, 0.6) is 0 Å². The van der Waals surface area contributed by atoms with Gasteiger partial charge in [-0.3, -0.25) is 4.79 Å². The molecule has 1 amide bonds. The molecule has 4 nitrogen and oxygen atoms in total. The highest BCUT2D eigenvalue weighted by molar-refractivity contribution is 5.81. The Morgan fingerprint density at radius 3 is 2.69 bits per heavy atom. The van der Waals surface area contributed by atoms with E-state index in [1.54, 1.807) is 6.08 Å². The van der Waals surface area contributed by atoms with Gasteiger partial charge in [-0.05, 0) is 19.3 Å². The molecule has 0 bridgehead atoms. The molecular formula is C12H22N2O2. The summed E-state index contributed by atoms with van der Waals surface area (Å²) in [7, 11) is 0. The Kier molecular flexibility index (Phi) is 4.96. The molecule has 16 heavy (non-hydrogen) atoms. The van der Waals surface area contributed by atoms with Crippen LogP contribution in [0.25, 0.3) is 0 Å². The molecule has 0 aromatic carbocycles. The quantitative estimate of drug-likeness (QED) is 0.579. The summed E-state index contributed by atoms with van der Waals surface area (Å²) in [6.45, 7) is 4.23. The molecule has 4 N–H and O–H groups in total. The lowest BCUT2D eigenvalue weighted by molar-refractivity contribution is -0.122. The molecule has 0 heterocycles. The van der Waals surface area contributed by atoms with Crippen molar-refractivity contribution >= 4 is 5.91 Å². The molecule has 1 atom stereocenters. The van der Waals surface area contributed by atoms with Crippen LogP contribution in [0.4, 0.5) is 0 Å². The number of amides is 1. The predicted octanol–water partition coefficient (Wildman–Crippen LogP) is 0.559. The molecule has 1 aliphatic rings. The first-order valence-corrected chi connectivity index (χ1v) is 5.88. The number of carbonyl (C=O) groups excluding carboxylic acids is 1. The Labute approximate surface area is 96.9 Å². The highest BCUT2D eigenvalue weighted by Gasteiger charge is 2.33. The van der Waals surface area contributed by atoms with E-state index in [0.717, 1.165) is 25.7 Å². The van der Waals surface area contributed by atoms with Crippen LogP contribution in [-0.4, -0.2) is 30.2 Å². The average Bonchev–Trinajstić information content (AvgIpc) is 2.75. The molecule has 1 fully saturated rings. The van der Waals surface area contributed by atoms with Gasteiger partial charge in [0.1, 0.15) is 0 Å². The number of carbonyl (C=O) groups is 1. The Balaban J connectivity index is 2.37. The minimum Gasteiger partial charge on any atom is -0.396 e. The Morgan fingerprint density at radius 2 is 2.19 bits per heavy atom. The van der Waals surface area contributed by atoms with Gasteiger partial charge in [0.05, 0.1) is 12.6 Å². The second-order valence-corrected chi connectivity index (χ2v) is 4.71. The highest BCUT2D eigenvalue weighted by Crippen LogP contribution is 2.36. The largest absolute Gasteiger partial charge is 0.396 e. The summed E-state index contributed by atoms with van der Waals surface area (Å²) in [4.78, 5) is 11.6. The van der Waals surface area contributed by atoms with E-state index >= 15 is 0 Å². The monoisotopic (exact) mass is 226 g/mol. The van der Waals surface area contributed by atoms with Crippen molar-refractivity contribution in [3.05, 3.63) is 12.7 Å². The van der Waals surface area contributed by atoms with Crippen LogP contribution >= 0.6 is 0 Å². The smallest absolute Gasteiger partial charge is 0.237 e. The van der Waals surface area contributed by atoms with Crippen molar-refractivity contribution in [2.75, 3.05) is 13.2 Å². The lowest BCUT2D eigenvalue weighted by Gasteiger charge is -2.27. The van der Waals surface area contributed by atoms with Crippen LogP contribution < -0.4 is 11.1 Å². The fourth-order valence-corrected chi connectivity index (χ4v) is 2.21. The molecule has 1 unspecified atom stereocenters. The van der Waals surface area contributed by atoms with Crippen LogP contribution in [0, 0.1) is 5.41 Å². The van der Waals surface area contributed by atoms with Crippen LogP contribution in [0.15, 0.2) is 12.7 Å². The number of nitrogens with one attached hydrogen (secondary N) is 1. The van der Waals surface area contributed by atoms with Crippen LogP contribution in [0.2, 0.25) is 0 Å². The second kappa shape index (κ2) is 6.01. The molecule has 1 aliphatic carbocycles. The predicted molar refractivity (Wildman–Crippen MR) is 63.8 cm³/mol. The van der Waals surface area contributed by atoms with E-state index in [4.69, 9.17) is 5.73 Å². The van der Waals surface area contributed by atoms with Crippen LogP contribution in [0.3, 0.4) is 0 Å². The molecule has 0 saturated heterocycles. The maximum atomic E-state index is 11.6. The second-order valence-electron chi connectivity index (χ2n) is 4.71. The molecule has 4 heteroatoms. The van der Waals surface area contributed by atoms with E-state index in [9.17, 15) is 9.90 Å². The molecular weight excluding hydrogens is 204 g/mol. The van der Waals surface area contributed by atoms with Gasteiger partial charge in [-0.25, -0.2) is 0 Å². The van der Waals surface area contributed by atoms with E-state index in [2.05, 4.69) is 11.9 Å². The van der Waals surface area contributed by atoms with Crippen LogP contribution in [-0.2, 0) is 4.79 Å².